The Bertz CT molecular complexity index is 470. The summed E-state index contributed by atoms with van der Waals surface area (Å²) in [4.78, 5) is 25.8. The molecule has 0 saturated carbocycles. The molecule has 0 aliphatic heterocycles. The number of nitrogens with zero attached hydrogens (tertiary/aromatic N) is 1. The summed E-state index contributed by atoms with van der Waals surface area (Å²) in [5.41, 5.74) is 0.119. The normalized spacial score (nSPS) is 10.6. The first-order chi connectivity index (χ1) is 10.1. The van der Waals surface area contributed by atoms with Crippen LogP contribution in [0.1, 0.15) is 43.5 Å². The average Bonchev–Trinajstić information content (AvgIpc) is 2.47. The molecule has 5 nitrogen and oxygen atoms in total. The van der Waals surface area contributed by atoms with Gasteiger partial charge in [-0.2, -0.15) is 0 Å². The summed E-state index contributed by atoms with van der Waals surface area (Å²) in [6, 6.07) is 6.17. The maximum Gasteiger partial charge on any atom is 0.261 e. The first-order valence-electron chi connectivity index (χ1n) is 7.43. The van der Waals surface area contributed by atoms with E-state index in [2.05, 4.69) is 24.1 Å². The topological polar surface area (TPSA) is 69.6 Å². The molecular formula is C16H24N2O3. The number of rotatable bonds is 8. The Hall–Kier alpha value is -1.88. The molecule has 1 aromatic rings. The van der Waals surface area contributed by atoms with Crippen molar-refractivity contribution in [3.8, 4) is 5.75 Å². The van der Waals surface area contributed by atoms with Crippen molar-refractivity contribution in [1.29, 1.82) is 0 Å². The van der Waals surface area contributed by atoms with Crippen molar-refractivity contribution < 1.29 is 14.7 Å². The van der Waals surface area contributed by atoms with Crippen molar-refractivity contribution in [3.63, 3.8) is 0 Å². The molecule has 2 amide bonds. The summed E-state index contributed by atoms with van der Waals surface area (Å²) in [6.07, 6.45) is 2.00. The number of hydrogen-bond acceptors (Lipinski definition) is 4. The van der Waals surface area contributed by atoms with Crippen molar-refractivity contribution in [2.24, 2.45) is 0 Å². The number of carbonyl (C=O) groups excluding carboxylic acids is 2. The maximum atomic E-state index is 11.8. The molecule has 5 heteroatoms. The van der Waals surface area contributed by atoms with Crippen LogP contribution in [0.25, 0.3) is 0 Å². The Morgan fingerprint density at radius 3 is 2.43 bits per heavy atom. The predicted molar refractivity (Wildman–Crippen MR) is 82.2 cm³/mol. The summed E-state index contributed by atoms with van der Waals surface area (Å²) in [6.45, 7) is 7.21. The Kier molecular flexibility index (Phi) is 7.46. The van der Waals surface area contributed by atoms with Gasteiger partial charge < -0.3 is 10.0 Å². The molecule has 2 N–H and O–H groups in total. The highest BCUT2D eigenvalue weighted by atomic mass is 16.3. The number of phenols is 1. The van der Waals surface area contributed by atoms with Crippen molar-refractivity contribution in [2.45, 2.75) is 33.1 Å². The minimum Gasteiger partial charge on any atom is -0.507 e. The molecule has 116 valence electrons. The summed E-state index contributed by atoms with van der Waals surface area (Å²) >= 11 is 0. The molecule has 0 fully saturated rings. The minimum absolute atomic E-state index is 0.119. The van der Waals surface area contributed by atoms with Gasteiger partial charge in [-0.05, 0) is 44.6 Å². The van der Waals surface area contributed by atoms with Gasteiger partial charge in [0.15, 0.2) is 0 Å². The van der Waals surface area contributed by atoms with E-state index in [0.29, 0.717) is 6.42 Å². The second kappa shape index (κ2) is 9.13. The largest absolute Gasteiger partial charge is 0.507 e. The van der Waals surface area contributed by atoms with E-state index in [1.807, 2.05) is 0 Å². The van der Waals surface area contributed by atoms with Crippen LogP contribution < -0.4 is 5.32 Å². The second-order valence-electron chi connectivity index (χ2n) is 4.88. The molecule has 0 spiro atoms. The number of phenolic OH excluding ortho intramolecular Hbond substituents is 1. The Morgan fingerprint density at radius 2 is 1.81 bits per heavy atom. The molecule has 1 aromatic carbocycles. The second-order valence-corrected chi connectivity index (χ2v) is 4.88. The number of nitrogens with one attached hydrogen (secondary N) is 1. The first-order valence-corrected chi connectivity index (χ1v) is 7.43. The van der Waals surface area contributed by atoms with Crippen molar-refractivity contribution in [2.75, 3.05) is 19.6 Å². The number of aromatic hydroxyl groups is 1. The third kappa shape index (κ3) is 5.95. The maximum absolute atomic E-state index is 11.8. The highest BCUT2D eigenvalue weighted by Gasteiger charge is 2.13. The molecule has 1 rings (SSSR count). The van der Waals surface area contributed by atoms with E-state index in [4.69, 9.17) is 0 Å². The third-order valence-corrected chi connectivity index (χ3v) is 3.42. The first kappa shape index (κ1) is 17.2. The molecule has 0 aliphatic rings. The van der Waals surface area contributed by atoms with E-state index in [1.165, 1.54) is 12.1 Å². The molecule has 21 heavy (non-hydrogen) atoms. The molecule has 0 unspecified atom stereocenters. The lowest BCUT2D eigenvalue weighted by Gasteiger charge is -2.17. The molecule has 0 saturated heterocycles. The monoisotopic (exact) mass is 292 g/mol. The fourth-order valence-corrected chi connectivity index (χ4v) is 2.08. The van der Waals surface area contributed by atoms with Crippen LogP contribution in [0.4, 0.5) is 0 Å². The average molecular weight is 292 g/mol. The van der Waals surface area contributed by atoms with Crippen LogP contribution in [0.5, 0.6) is 5.75 Å². The van der Waals surface area contributed by atoms with Crippen LogP contribution in [0.3, 0.4) is 0 Å². The molecule has 0 atom stereocenters. The highest BCUT2D eigenvalue weighted by molar-refractivity contribution is 6.06. The molecule has 0 radical (unpaired) electrons. The van der Waals surface area contributed by atoms with Crippen LogP contribution in [-0.4, -0.2) is 41.5 Å². The van der Waals surface area contributed by atoms with Crippen molar-refractivity contribution in [3.05, 3.63) is 29.8 Å². The van der Waals surface area contributed by atoms with Crippen LogP contribution >= 0.6 is 0 Å². The third-order valence-electron chi connectivity index (χ3n) is 3.42. The van der Waals surface area contributed by atoms with Gasteiger partial charge >= 0.3 is 0 Å². The number of benzene rings is 1. The minimum atomic E-state index is -0.554. The lowest BCUT2D eigenvalue weighted by molar-refractivity contribution is -0.120. The van der Waals surface area contributed by atoms with Crippen LogP contribution in [0.2, 0.25) is 0 Å². The van der Waals surface area contributed by atoms with Gasteiger partial charge in [0.25, 0.3) is 5.91 Å². The van der Waals surface area contributed by atoms with Gasteiger partial charge in [-0.25, -0.2) is 0 Å². The Morgan fingerprint density at radius 1 is 1.14 bits per heavy atom. The van der Waals surface area contributed by atoms with Gasteiger partial charge in [-0.15, -0.1) is 0 Å². The van der Waals surface area contributed by atoms with E-state index in [0.717, 1.165) is 32.5 Å². The van der Waals surface area contributed by atoms with Gasteiger partial charge in [0.2, 0.25) is 5.91 Å². The van der Waals surface area contributed by atoms with Gasteiger partial charge in [-0.3, -0.25) is 14.9 Å². The molecule has 0 heterocycles. The summed E-state index contributed by atoms with van der Waals surface area (Å²) < 4.78 is 0. The zero-order valence-corrected chi connectivity index (χ0v) is 12.8. The summed E-state index contributed by atoms with van der Waals surface area (Å²) in [7, 11) is 0. The van der Waals surface area contributed by atoms with Crippen LogP contribution in [0, 0.1) is 0 Å². The number of hydrogen-bond donors (Lipinski definition) is 2. The van der Waals surface area contributed by atoms with Crippen LogP contribution in [0.15, 0.2) is 24.3 Å². The van der Waals surface area contributed by atoms with E-state index < -0.39 is 5.91 Å². The van der Waals surface area contributed by atoms with E-state index in [9.17, 15) is 14.7 Å². The van der Waals surface area contributed by atoms with Crippen LogP contribution in [-0.2, 0) is 4.79 Å². The number of carbonyl (C=O) groups is 2. The number of unbranched alkanes of at least 4 members (excludes halogenated alkanes) is 1. The van der Waals surface area contributed by atoms with Crippen molar-refractivity contribution >= 4 is 11.8 Å². The summed E-state index contributed by atoms with van der Waals surface area (Å²) in [5, 5.41) is 11.8. The highest BCUT2D eigenvalue weighted by Crippen LogP contribution is 2.15. The SMILES string of the molecule is CCN(CC)CCCCC(=O)NC(=O)c1ccccc1O. The Balaban J connectivity index is 2.31. The van der Waals surface area contributed by atoms with E-state index >= 15 is 0 Å². The standard InChI is InChI=1S/C16H24N2O3/c1-3-18(4-2)12-8-7-11-15(20)17-16(21)13-9-5-6-10-14(13)19/h5-6,9-10,19H,3-4,7-8,11-12H2,1-2H3,(H,17,20,21). The zero-order chi connectivity index (χ0) is 15.7. The quantitative estimate of drug-likeness (QED) is 0.720. The lowest BCUT2D eigenvalue weighted by Crippen LogP contribution is -2.30. The smallest absolute Gasteiger partial charge is 0.261 e. The molecular weight excluding hydrogens is 268 g/mol. The molecule has 0 aliphatic carbocycles. The van der Waals surface area contributed by atoms with Gasteiger partial charge in [-0.1, -0.05) is 26.0 Å². The number of para-hydroxylation sites is 1. The molecule has 0 bridgehead atoms. The fraction of sp³-hybridized carbons (Fsp3) is 0.500. The Labute approximate surface area is 126 Å². The van der Waals surface area contributed by atoms with E-state index in [1.54, 1.807) is 12.1 Å². The molecule has 0 aromatic heterocycles. The number of imide groups is 1. The fourth-order valence-electron chi connectivity index (χ4n) is 2.08. The van der Waals surface area contributed by atoms with Gasteiger partial charge in [0, 0.05) is 6.42 Å². The zero-order valence-electron chi connectivity index (χ0n) is 12.8. The number of amides is 2. The van der Waals surface area contributed by atoms with Gasteiger partial charge in [0.1, 0.15) is 5.75 Å². The van der Waals surface area contributed by atoms with Crippen molar-refractivity contribution in [1.82, 2.24) is 10.2 Å². The lowest BCUT2D eigenvalue weighted by atomic mass is 10.1. The predicted octanol–water partition coefficient (Wildman–Crippen LogP) is 2.16. The van der Waals surface area contributed by atoms with Gasteiger partial charge in [0.05, 0.1) is 5.56 Å². The van der Waals surface area contributed by atoms with E-state index in [-0.39, 0.29) is 17.2 Å². The summed E-state index contributed by atoms with van der Waals surface area (Å²) in [5.74, 6) is -0.978.